The maximum Gasteiger partial charge on any atom is 0.444 e. The fourth-order valence-corrected chi connectivity index (χ4v) is 1.58. The first-order valence-electron chi connectivity index (χ1n) is 6.24. The summed E-state index contributed by atoms with van der Waals surface area (Å²) < 4.78 is 4.73. The summed E-state index contributed by atoms with van der Waals surface area (Å²) in [4.78, 5) is 39.4. The second-order valence-electron chi connectivity index (χ2n) is 4.89. The Kier molecular flexibility index (Phi) is 4.74. The minimum atomic E-state index is -1.46. The Hall–Kier alpha value is -1.79. The van der Waals surface area contributed by atoms with Gasteiger partial charge >= 0.3 is 18.0 Å². The van der Waals surface area contributed by atoms with Crippen LogP contribution in [0.2, 0.25) is 0 Å². The molecule has 7 heteroatoms. The lowest BCUT2D eigenvalue weighted by atomic mass is 10.1. The largest absolute Gasteiger partial charge is 0.479 e. The number of ether oxygens (including phenoxy) is 1. The minimum absolute atomic E-state index is 0.0523. The first kappa shape index (κ1) is 15.3. The molecule has 0 bridgehead atoms. The molecule has 0 saturated heterocycles. The molecule has 0 spiro atoms. The number of carbonyl (C=O) groups is 3. The maximum atomic E-state index is 11.7. The van der Waals surface area contributed by atoms with Gasteiger partial charge in [-0.05, 0) is 25.7 Å². The van der Waals surface area contributed by atoms with E-state index in [-0.39, 0.29) is 31.8 Å². The summed E-state index contributed by atoms with van der Waals surface area (Å²) in [6.45, 7) is 5.30. The minimum Gasteiger partial charge on any atom is -0.479 e. The average Bonchev–Trinajstić information content (AvgIpc) is 3.06. The highest BCUT2D eigenvalue weighted by atomic mass is 16.8. The van der Waals surface area contributed by atoms with Gasteiger partial charge in [0.2, 0.25) is 0 Å². The molecule has 7 nitrogen and oxygen atoms in total. The SMILES string of the molecule is CCOC(=O)N(OC(=O)CC(C)C)C1(C(=O)O)CC1. The van der Waals surface area contributed by atoms with Crippen LogP contribution in [-0.2, 0) is 19.2 Å². The Bertz CT molecular complexity index is 374. The Balaban J connectivity index is 2.79. The van der Waals surface area contributed by atoms with Gasteiger partial charge in [-0.3, -0.25) is 0 Å². The van der Waals surface area contributed by atoms with E-state index in [1.165, 1.54) is 0 Å². The van der Waals surface area contributed by atoms with Crippen molar-refractivity contribution in [3.05, 3.63) is 0 Å². The smallest absolute Gasteiger partial charge is 0.444 e. The summed E-state index contributed by atoms with van der Waals surface area (Å²) in [5.41, 5.74) is -1.46. The molecular formula is C12H19NO6. The lowest BCUT2D eigenvalue weighted by Crippen LogP contribution is -2.48. The number of nitrogens with zero attached hydrogens (tertiary/aromatic N) is 1. The zero-order valence-electron chi connectivity index (χ0n) is 11.3. The van der Waals surface area contributed by atoms with Crippen molar-refractivity contribution in [3.63, 3.8) is 0 Å². The van der Waals surface area contributed by atoms with Crippen LogP contribution in [0.4, 0.5) is 4.79 Å². The van der Waals surface area contributed by atoms with Crippen LogP contribution >= 0.6 is 0 Å². The lowest BCUT2D eigenvalue weighted by molar-refractivity contribution is -0.200. The molecule has 1 fully saturated rings. The van der Waals surface area contributed by atoms with Gasteiger partial charge in [0.15, 0.2) is 5.54 Å². The van der Waals surface area contributed by atoms with Crippen LogP contribution in [0, 0.1) is 5.92 Å². The molecule has 0 aliphatic heterocycles. The summed E-state index contributed by atoms with van der Waals surface area (Å²) in [5.74, 6) is -1.79. The molecule has 1 rings (SSSR count). The molecule has 0 atom stereocenters. The Labute approximate surface area is 111 Å². The number of carboxylic acids is 1. The highest BCUT2D eigenvalue weighted by Gasteiger charge is 2.60. The van der Waals surface area contributed by atoms with Gasteiger partial charge in [0.05, 0.1) is 13.0 Å². The van der Waals surface area contributed by atoms with Crippen molar-refractivity contribution in [2.24, 2.45) is 5.92 Å². The molecule has 0 radical (unpaired) electrons. The third-order valence-electron chi connectivity index (χ3n) is 2.71. The number of aliphatic carboxylic acids is 1. The summed E-state index contributed by atoms with van der Waals surface area (Å²) in [5, 5.41) is 9.72. The topological polar surface area (TPSA) is 93.1 Å². The average molecular weight is 273 g/mol. The van der Waals surface area contributed by atoms with E-state index in [9.17, 15) is 14.4 Å². The standard InChI is InChI=1S/C12H19NO6/c1-4-18-11(17)13(12(5-6-12)10(15)16)19-9(14)7-8(2)3/h8H,4-7H2,1-3H3,(H,15,16). The number of amides is 1. The quantitative estimate of drug-likeness (QED) is 0.764. The van der Waals surface area contributed by atoms with Crippen LogP contribution in [-0.4, -0.2) is 40.3 Å². The number of carbonyl (C=O) groups excluding carboxylic acids is 2. The monoisotopic (exact) mass is 273 g/mol. The predicted molar refractivity (Wildman–Crippen MR) is 64.0 cm³/mol. The van der Waals surface area contributed by atoms with Gasteiger partial charge in [0.25, 0.3) is 0 Å². The van der Waals surface area contributed by atoms with E-state index in [0.717, 1.165) is 0 Å². The zero-order chi connectivity index (χ0) is 14.6. The highest BCUT2D eigenvalue weighted by Crippen LogP contribution is 2.42. The first-order valence-corrected chi connectivity index (χ1v) is 6.24. The van der Waals surface area contributed by atoms with Gasteiger partial charge in [-0.15, -0.1) is 5.06 Å². The van der Waals surface area contributed by atoms with E-state index in [1.54, 1.807) is 6.92 Å². The fraction of sp³-hybridized carbons (Fsp3) is 0.750. The van der Waals surface area contributed by atoms with E-state index in [4.69, 9.17) is 14.7 Å². The summed E-state index contributed by atoms with van der Waals surface area (Å²) in [6, 6.07) is 0. The molecule has 1 amide bonds. The van der Waals surface area contributed by atoms with Crippen molar-refractivity contribution < 1.29 is 29.1 Å². The van der Waals surface area contributed by atoms with E-state index < -0.39 is 23.6 Å². The van der Waals surface area contributed by atoms with Crippen LogP contribution in [0.3, 0.4) is 0 Å². The summed E-state index contributed by atoms with van der Waals surface area (Å²) >= 11 is 0. The molecule has 0 heterocycles. The number of rotatable bonds is 5. The molecule has 0 unspecified atom stereocenters. The Morgan fingerprint density at radius 3 is 2.26 bits per heavy atom. The van der Waals surface area contributed by atoms with Gasteiger partial charge < -0.3 is 14.7 Å². The molecule has 1 aliphatic carbocycles. The molecule has 1 N–H and O–H groups in total. The number of hydrogen-bond acceptors (Lipinski definition) is 5. The van der Waals surface area contributed by atoms with Crippen LogP contribution in [0.1, 0.15) is 40.0 Å². The third kappa shape index (κ3) is 3.59. The molecule has 0 aromatic carbocycles. The van der Waals surface area contributed by atoms with Crippen LogP contribution in [0.5, 0.6) is 0 Å². The van der Waals surface area contributed by atoms with E-state index >= 15 is 0 Å². The van der Waals surface area contributed by atoms with Crippen LogP contribution < -0.4 is 0 Å². The Morgan fingerprint density at radius 1 is 1.32 bits per heavy atom. The van der Waals surface area contributed by atoms with E-state index in [1.807, 2.05) is 13.8 Å². The first-order chi connectivity index (χ1) is 8.83. The molecule has 19 heavy (non-hydrogen) atoms. The van der Waals surface area contributed by atoms with Gasteiger partial charge in [-0.2, -0.15) is 0 Å². The van der Waals surface area contributed by atoms with Crippen molar-refractivity contribution in [1.29, 1.82) is 0 Å². The predicted octanol–water partition coefficient (Wildman–Crippen LogP) is 1.57. The van der Waals surface area contributed by atoms with Gasteiger partial charge in [-0.1, -0.05) is 13.8 Å². The molecule has 0 aromatic rings. The van der Waals surface area contributed by atoms with Crippen molar-refractivity contribution in [1.82, 2.24) is 5.06 Å². The van der Waals surface area contributed by atoms with E-state index in [2.05, 4.69) is 0 Å². The molecule has 1 aliphatic rings. The van der Waals surface area contributed by atoms with Crippen molar-refractivity contribution in [2.75, 3.05) is 6.61 Å². The second-order valence-corrected chi connectivity index (χ2v) is 4.89. The van der Waals surface area contributed by atoms with Gasteiger partial charge in [-0.25, -0.2) is 14.4 Å². The second kappa shape index (κ2) is 5.90. The number of hydrogen-bond donors (Lipinski definition) is 1. The number of carboxylic acid groups (broad SMARTS) is 1. The lowest BCUT2D eigenvalue weighted by Gasteiger charge is -2.26. The van der Waals surface area contributed by atoms with Crippen molar-refractivity contribution in [2.45, 2.75) is 45.6 Å². The molecule has 0 aromatic heterocycles. The maximum absolute atomic E-state index is 11.7. The summed E-state index contributed by atoms with van der Waals surface area (Å²) in [7, 11) is 0. The van der Waals surface area contributed by atoms with Crippen LogP contribution in [0.25, 0.3) is 0 Å². The van der Waals surface area contributed by atoms with Crippen LogP contribution in [0.15, 0.2) is 0 Å². The third-order valence-corrected chi connectivity index (χ3v) is 2.71. The number of hydroxylamine groups is 2. The highest BCUT2D eigenvalue weighted by molar-refractivity contribution is 5.87. The van der Waals surface area contributed by atoms with E-state index in [0.29, 0.717) is 5.06 Å². The van der Waals surface area contributed by atoms with Gasteiger partial charge in [0.1, 0.15) is 0 Å². The zero-order valence-corrected chi connectivity index (χ0v) is 11.3. The molecule has 108 valence electrons. The van der Waals surface area contributed by atoms with Crippen molar-refractivity contribution in [3.8, 4) is 0 Å². The normalized spacial score (nSPS) is 15.8. The van der Waals surface area contributed by atoms with Gasteiger partial charge in [0, 0.05) is 0 Å². The molecular weight excluding hydrogens is 254 g/mol. The Morgan fingerprint density at radius 2 is 1.89 bits per heavy atom. The van der Waals surface area contributed by atoms with Crippen molar-refractivity contribution >= 4 is 18.0 Å². The fourth-order valence-electron chi connectivity index (χ4n) is 1.58. The molecule has 1 saturated carbocycles. The summed E-state index contributed by atoms with van der Waals surface area (Å²) in [6.07, 6.45) is -0.350.